The lowest BCUT2D eigenvalue weighted by Crippen LogP contribution is -2.39. The maximum atomic E-state index is 12.0. The summed E-state index contributed by atoms with van der Waals surface area (Å²) >= 11 is 3.21. The summed E-state index contributed by atoms with van der Waals surface area (Å²) in [5, 5.41) is 4.92. The highest BCUT2D eigenvalue weighted by Crippen LogP contribution is 2.13. The molecule has 0 aliphatic carbocycles. The van der Waals surface area contributed by atoms with E-state index in [9.17, 15) is 9.59 Å². The number of alkyl carbamates (subject to hydrolysis) is 1. The summed E-state index contributed by atoms with van der Waals surface area (Å²) in [4.78, 5) is 27.3. The van der Waals surface area contributed by atoms with Gasteiger partial charge in [-0.15, -0.1) is 0 Å². The van der Waals surface area contributed by atoms with Crippen molar-refractivity contribution in [2.45, 2.75) is 20.0 Å². The number of aromatic nitrogens is 1. The Morgan fingerprint density at radius 1 is 1.37 bits per heavy atom. The second kappa shape index (κ2) is 7.08. The zero-order valence-electron chi connectivity index (χ0n) is 10.9. The van der Waals surface area contributed by atoms with Gasteiger partial charge in [0, 0.05) is 7.05 Å². The third-order valence-corrected chi connectivity index (χ3v) is 2.71. The highest BCUT2D eigenvalue weighted by molar-refractivity contribution is 9.10. The Balaban J connectivity index is 2.75. The van der Waals surface area contributed by atoms with Gasteiger partial charge in [0.15, 0.2) is 6.10 Å². The van der Waals surface area contributed by atoms with Crippen molar-refractivity contribution in [3.8, 4) is 0 Å². The number of ether oxygens (including phenoxy) is 1. The Morgan fingerprint density at radius 2 is 2.05 bits per heavy atom. The van der Waals surface area contributed by atoms with Crippen molar-refractivity contribution in [3.63, 3.8) is 0 Å². The molecule has 7 heteroatoms. The summed E-state index contributed by atoms with van der Waals surface area (Å²) in [6, 6.07) is 5.15. The summed E-state index contributed by atoms with van der Waals surface area (Å²) < 4.78 is 5.63. The van der Waals surface area contributed by atoms with Crippen molar-refractivity contribution < 1.29 is 14.3 Å². The predicted octanol–water partition coefficient (Wildman–Crippen LogP) is 2.16. The van der Waals surface area contributed by atoms with Crippen LogP contribution in [0.3, 0.4) is 0 Å². The van der Waals surface area contributed by atoms with E-state index < -0.39 is 18.1 Å². The van der Waals surface area contributed by atoms with Crippen molar-refractivity contribution in [1.29, 1.82) is 0 Å². The van der Waals surface area contributed by atoms with E-state index in [4.69, 9.17) is 4.74 Å². The van der Waals surface area contributed by atoms with Crippen molar-refractivity contribution in [2.75, 3.05) is 12.4 Å². The van der Waals surface area contributed by atoms with E-state index in [0.717, 1.165) is 0 Å². The monoisotopic (exact) mass is 329 g/mol. The van der Waals surface area contributed by atoms with Crippen LogP contribution in [-0.4, -0.2) is 30.1 Å². The van der Waals surface area contributed by atoms with E-state index in [0.29, 0.717) is 10.4 Å². The van der Waals surface area contributed by atoms with Crippen LogP contribution in [0.15, 0.2) is 22.8 Å². The second-order valence-electron chi connectivity index (χ2n) is 4.15. The number of hydrogen-bond donors (Lipinski definition) is 2. The van der Waals surface area contributed by atoms with Gasteiger partial charge in [-0.3, -0.25) is 4.79 Å². The van der Waals surface area contributed by atoms with E-state index >= 15 is 0 Å². The highest BCUT2D eigenvalue weighted by atomic mass is 79.9. The van der Waals surface area contributed by atoms with Crippen LogP contribution in [0.2, 0.25) is 0 Å². The molecule has 0 saturated heterocycles. The molecule has 19 heavy (non-hydrogen) atoms. The minimum absolute atomic E-state index is 0.149. The van der Waals surface area contributed by atoms with Crippen LogP contribution in [0, 0.1) is 5.92 Å². The number of nitrogens with zero attached hydrogens (tertiary/aromatic N) is 1. The Hall–Kier alpha value is -1.63. The fourth-order valence-electron chi connectivity index (χ4n) is 1.34. The molecule has 0 aliphatic heterocycles. The average Bonchev–Trinajstić information content (AvgIpc) is 2.35. The van der Waals surface area contributed by atoms with Crippen LogP contribution in [0.1, 0.15) is 13.8 Å². The van der Waals surface area contributed by atoms with Crippen LogP contribution in [0.4, 0.5) is 10.6 Å². The first kappa shape index (κ1) is 15.4. The van der Waals surface area contributed by atoms with Gasteiger partial charge in [-0.25, -0.2) is 9.78 Å². The maximum absolute atomic E-state index is 12.0. The largest absolute Gasteiger partial charge is 0.436 e. The lowest BCUT2D eigenvalue weighted by Gasteiger charge is -2.20. The lowest BCUT2D eigenvalue weighted by atomic mass is 10.1. The molecule has 2 amide bonds. The third-order valence-electron chi connectivity index (χ3n) is 2.27. The van der Waals surface area contributed by atoms with Crippen LogP contribution in [0.5, 0.6) is 0 Å². The van der Waals surface area contributed by atoms with Gasteiger partial charge in [0.25, 0.3) is 5.91 Å². The number of carbonyl (C=O) groups is 2. The second-order valence-corrected chi connectivity index (χ2v) is 4.97. The molecule has 0 fully saturated rings. The maximum Gasteiger partial charge on any atom is 0.407 e. The molecule has 0 aliphatic rings. The molecule has 0 bridgehead atoms. The number of rotatable bonds is 4. The van der Waals surface area contributed by atoms with Crippen LogP contribution in [-0.2, 0) is 9.53 Å². The molecule has 1 heterocycles. The summed E-state index contributed by atoms with van der Waals surface area (Å²) in [6.45, 7) is 3.59. The summed E-state index contributed by atoms with van der Waals surface area (Å²) in [7, 11) is 1.44. The molecule has 104 valence electrons. The molecule has 1 atom stereocenters. The van der Waals surface area contributed by atoms with Gasteiger partial charge in [-0.1, -0.05) is 19.9 Å². The first-order valence-corrected chi connectivity index (χ1v) is 6.55. The summed E-state index contributed by atoms with van der Waals surface area (Å²) in [5.41, 5.74) is 0. The minimum Gasteiger partial charge on any atom is -0.436 e. The van der Waals surface area contributed by atoms with Crippen LogP contribution in [0.25, 0.3) is 0 Å². The van der Waals surface area contributed by atoms with Crippen molar-refractivity contribution >= 4 is 33.7 Å². The molecule has 0 radical (unpaired) electrons. The van der Waals surface area contributed by atoms with Gasteiger partial charge in [0.2, 0.25) is 0 Å². The number of nitrogens with one attached hydrogen (secondary N) is 2. The SMILES string of the molecule is CNC(=O)OC(C(=O)Nc1cccc(Br)n1)C(C)C. The lowest BCUT2D eigenvalue weighted by molar-refractivity contribution is -0.126. The molecule has 1 unspecified atom stereocenters. The molecular formula is C12H16BrN3O3. The molecule has 1 aromatic rings. The van der Waals surface area contributed by atoms with Crippen molar-refractivity contribution in [3.05, 3.63) is 22.8 Å². The average molecular weight is 330 g/mol. The van der Waals surface area contributed by atoms with Crippen molar-refractivity contribution in [2.24, 2.45) is 5.92 Å². The van der Waals surface area contributed by atoms with Crippen molar-refractivity contribution in [1.82, 2.24) is 10.3 Å². The number of halogens is 1. The Kier molecular flexibility index (Phi) is 5.75. The summed E-state index contributed by atoms with van der Waals surface area (Å²) in [5.74, 6) is -0.167. The van der Waals surface area contributed by atoms with Gasteiger partial charge in [-0.2, -0.15) is 0 Å². The van der Waals surface area contributed by atoms with E-state index in [1.165, 1.54) is 7.05 Å². The number of anilines is 1. The van der Waals surface area contributed by atoms with E-state index in [1.54, 1.807) is 32.0 Å². The standard InChI is InChI=1S/C12H16BrN3O3/c1-7(2)10(19-12(18)14-3)11(17)16-9-6-4-5-8(13)15-9/h4-7,10H,1-3H3,(H,14,18)(H,15,16,17). The fourth-order valence-corrected chi connectivity index (χ4v) is 1.69. The van der Waals surface area contributed by atoms with Gasteiger partial charge in [-0.05, 0) is 34.0 Å². The fraction of sp³-hybridized carbons (Fsp3) is 0.417. The molecule has 0 spiro atoms. The van der Waals surface area contributed by atoms with E-state index in [-0.39, 0.29) is 5.92 Å². The zero-order chi connectivity index (χ0) is 14.4. The number of carbonyl (C=O) groups excluding carboxylic acids is 2. The molecule has 1 rings (SSSR count). The third kappa shape index (κ3) is 4.86. The van der Waals surface area contributed by atoms with Gasteiger partial charge >= 0.3 is 6.09 Å². The van der Waals surface area contributed by atoms with Gasteiger partial charge in [0.1, 0.15) is 10.4 Å². The van der Waals surface area contributed by atoms with Crippen LogP contribution >= 0.6 is 15.9 Å². The van der Waals surface area contributed by atoms with E-state index in [1.807, 2.05) is 0 Å². The normalized spacial score (nSPS) is 11.8. The Bertz CT molecular complexity index is 465. The van der Waals surface area contributed by atoms with E-state index in [2.05, 4.69) is 31.5 Å². The van der Waals surface area contributed by atoms with Gasteiger partial charge < -0.3 is 15.4 Å². The first-order chi connectivity index (χ1) is 8.93. The quantitative estimate of drug-likeness (QED) is 0.829. The molecule has 1 aromatic heterocycles. The molecule has 6 nitrogen and oxygen atoms in total. The summed E-state index contributed by atoms with van der Waals surface area (Å²) in [6.07, 6.45) is -1.52. The zero-order valence-corrected chi connectivity index (χ0v) is 12.5. The first-order valence-electron chi connectivity index (χ1n) is 5.75. The molecular weight excluding hydrogens is 314 g/mol. The Morgan fingerprint density at radius 3 is 2.58 bits per heavy atom. The van der Waals surface area contributed by atoms with Crippen LogP contribution < -0.4 is 10.6 Å². The highest BCUT2D eigenvalue weighted by Gasteiger charge is 2.26. The number of amides is 2. The molecule has 0 aromatic carbocycles. The number of hydrogen-bond acceptors (Lipinski definition) is 4. The molecule has 2 N–H and O–H groups in total. The smallest absolute Gasteiger partial charge is 0.407 e. The molecule has 0 saturated carbocycles. The minimum atomic E-state index is -0.874. The predicted molar refractivity (Wildman–Crippen MR) is 74.7 cm³/mol. The van der Waals surface area contributed by atoms with Gasteiger partial charge in [0.05, 0.1) is 0 Å². The number of pyridine rings is 1. The topological polar surface area (TPSA) is 80.3 Å². The Labute approximate surface area is 120 Å².